The Labute approximate surface area is 140 Å². The third kappa shape index (κ3) is 3.20. The molecule has 1 aliphatic heterocycles. The van der Waals surface area contributed by atoms with Gasteiger partial charge < -0.3 is 9.64 Å². The fraction of sp³-hybridized carbons (Fsp3) is 0.412. The van der Waals surface area contributed by atoms with Gasteiger partial charge in [-0.3, -0.25) is 9.48 Å². The molecule has 23 heavy (non-hydrogen) atoms. The first-order chi connectivity index (χ1) is 11.1. The molecule has 0 N–H and O–H groups in total. The molecule has 6 heteroatoms. The molecule has 1 amide bonds. The highest BCUT2D eigenvalue weighted by molar-refractivity contribution is 6.32. The summed E-state index contributed by atoms with van der Waals surface area (Å²) in [6.07, 6.45) is 3.28. The van der Waals surface area contributed by atoms with Crippen molar-refractivity contribution in [3.8, 4) is 5.75 Å². The van der Waals surface area contributed by atoms with Crippen LogP contribution in [0, 0.1) is 0 Å². The summed E-state index contributed by atoms with van der Waals surface area (Å²) < 4.78 is 7.16. The molecule has 0 bridgehead atoms. The number of aryl methyl sites for hydroxylation is 2. The zero-order valence-electron chi connectivity index (χ0n) is 13.4. The standard InChI is InChI=1S/C17H20ClN3O2/c1-20(11-12-6-5-8-15(23-2)16(12)18)17(22)14-10-13-7-3-4-9-21(13)19-14/h5-6,8,10H,3-4,7,9,11H2,1-2H3. The monoisotopic (exact) mass is 333 g/mol. The SMILES string of the molecule is COc1cccc(CN(C)C(=O)c2cc3n(n2)CCCC3)c1Cl. The molecule has 0 spiro atoms. The van der Waals surface area contributed by atoms with Crippen molar-refractivity contribution in [1.29, 1.82) is 0 Å². The van der Waals surface area contributed by atoms with Gasteiger partial charge in [-0.25, -0.2) is 0 Å². The van der Waals surface area contributed by atoms with Crippen LogP contribution in [0.1, 0.15) is 34.6 Å². The number of carbonyl (C=O) groups is 1. The van der Waals surface area contributed by atoms with E-state index in [0.717, 1.165) is 37.1 Å². The smallest absolute Gasteiger partial charge is 0.274 e. The molecule has 3 rings (SSSR count). The average Bonchev–Trinajstić information content (AvgIpc) is 3.00. The van der Waals surface area contributed by atoms with Crippen LogP contribution in [0.15, 0.2) is 24.3 Å². The lowest BCUT2D eigenvalue weighted by atomic mass is 10.1. The molecule has 0 aliphatic carbocycles. The topological polar surface area (TPSA) is 47.4 Å². The number of carbonyl (C=O) groups excluding carboxylic acids is 1. The minimum atomic E-state index is -0.0919. The van der Waals surface area contributed by atoms with Gasteiger partial charge in [-0.15, -0.1) is 0 Å². The molecular weight excluding hydrogens is 314 g/mol. The number of aromatic nitrogens is 2. The quantitative estimate of drug-likeness (QED) is 0.863. The summed E-state index contributed by atoms with van der Waals surface area (Å²) >= 11 is 6.30. The summed E-state index contributed by atoms with van der Waals surface area (Å²) in [6.45, 7) is 1.31. The van der Waals surface area contributed by atoms with Gasteiger partial charge in [0, 0.05) is 25.8 Å². The molecule has 1 aromatic heterocycles. The van der Waals surface area contributed by atoms with E-state index in [-0.39, 0.29) is 5.91 Å². The number of benzene rings is 1. The van der Waals surface area contributed by atoms with Gasteiger partial charge in [0.25, 0.3) is 5.91 Å². The van der Waals surface area contributed by atoms with E-state index in [0.29, 0.717) is 23.0 Å². The molecule has 1 aromatic carbocycles. The van der Waals surface area contributed by atoms with Crippen molar-refractivity contribution < 1.29 is 9.53 Å². The maximum Gasteiger partial charge on any atom is 0.274 e. The summed E-state index contributed by atoms with van der Waals surface area (Å²) in [5.74, 6) is 0.522. The zero-order valence-corrected chi connectivity index (χ0v) is 14.1. The van der Waals surface area contributed by atoms with Gasteiger partial charge in [0.2, 0.25) is 0 Å². The molecule has 5 nitrogen and oxygen atoms in total. The predicted molar refractivity (Wildman–Crippen MR) is 89.0 cm³/mol. The molecular formula is C17H20ClN3O2. The number of fused-ring (bicyclic) bond motifs is 1. The first-order valence-electron chi connectivity index (χ1n) is 7.73. The molecule has 2 heterocycles. The highest BCUT2D eigenvalue weighted by atomic mass is 35.5. The number of amides is 1. The van der Waals surface area contributed by atoms with Crippen molar-refractivity contribution in [2.45, 2.75) is 32.4 Å². The Hall–Kier alpha value is -2.01. The van der Waals surface area contributed by atoms with Crippen LogP contribution in [0.5, 0.6) is 5.75 Å². The van der Waals surface area contributed by atoms with Crippen molar-refractivity contribution in [2.24, 2.45) is 0 Å². The van der Waals surface area contributed by atoms with E-state index in [9.17, 15) is 4.79 Å². The minimum absolute atomic E-state index is 0.0919. The summed E-state index contributed by atoms with van der Waals surface area (Å²) in [7, 11) is 3.34. The summed E-state index contributed by atoms with van der Waals surface area (Å²) in [5, 5.41) is 4.98. The number of hydrogen-bond acceptors (Lipinski definition) is 3. The van der Waals surface area contributed by atoms with Crippen LogP contribution in [0.3, 0.4) is 0 Å². The highest BCUT2D eigenvalue weighted by Gasteiger charge is 2.20. The maximum atomic E-state index is 12.6. The number of rotatable bonds is 4. The van der Waals surface area contributed by atoms with Crippen LogP contribution in [0.25, 0.3) is 0 Å². The van der Waals surface area contributed by atoms with Crippen molar-refractivity contribution >= 4 is 17.5 Å². The van der Waals surface area contributed by atoms with Crippen LogP contribution < -0.4 is 4.74 Å². The minimum Gasteiger partial charge on any atom is -0.495 e. The fourth-order valence-electron chi connectivity index (χ4n) is 2.88. The summed E-state index contributed by atoms with van der Waals surface area (Å²) in [5.41, 5.74) is 2.50. The van der Waals surface area contributed by atoms with Crippen molar-refractivity contribution in [3.63, 3.8) is 0 Å². The third-order valence-corrected chi connectivity index (χ3v) is 4.58. The van der Waals surface area contributed by atoms with Gasteiger partial charge in [-0.1, -0.05) is 23.7 Å². The van der Waals surface area contributed by atoms with Gasteiger partial charge in [0.05, 0.1) is 12.1 Å². The van der Waals surface area contributed by atoms with Crippen molar-refractivity contribution in [2.75, 3.05) is 14.2 Å². The van der Waals surface area contributed by atoms with Crippen molar-refractivity contribution in [3.05, 3.63) is 46.2 Å². The molecule has 0 fully saturated rings. The Morgan fingerprint density at radius 2 is 2.26 bits per heavy atom. The number of ether oxygens (including phenoxy) is 1. The molecule has 122 valence electrons. The van der Waals surface area contributed by atoms with E-state index < -0.39 is 0 Å². The highest BCUT2D eigenvalue weighted by Crippen LogP contribution is 2.28. The van der Waals surface area contributed by atoms with Gasteiger partial charge in [-0.05, 0) is 37.0 Å². The number of nitrogens with zero attached hydrogens (tertiary/aromatic N) is 3. The average molecular weight is 334 g/mol. The molecule has 0 saturated carbocycles. The lowest BCUT2D eigenvalue weighted by Crippen LogP contribution is -2.27. The molecule has 2 aromatic rings. The summed E-state index contributed by atoms with van der Waals surface area (Å²) in [6, 6.07) is 7.47. The van der Waals surface area contributed by atoms with Crippen LogP contribution in [-0.4, -0.2) is 34.7 Å². The Bertz CT molecular complexity index is 703. The Morgan fingerprint density at radius 1 is 1.43 bits per heavy atom. The Balaban J connectivity index is 1.76. The lowest BCUT2D eigenvalue weighted by Gasteiger charge is -2.17. The van der Waals surface area contributed by atoms with Crippen LogP contribution >= 0.6 is 11.6 Å². The number of halogens is 1. The van der Waals surface area contributed by atoms with E-state index >= 15 is 0 Å². The fourth-order valence-corrected chi connectivity index (χ4v) is 3.14. The predicted octanol–water partition coefficient (Wildman–Crippen LogP) is 3.15. The second-order valence-corrected chi connectivity index (χ2v) is 6.17. The van der Waals surface area contributed by atoms with E-state index in [2.05, 4.69) is 5.10 Å². The second kappa shape index (κ2) is 6.62. The van der Waals surface area contributed by atoms with E-state index in [1.54, 1.807) is 25.1 Å². The van der Waals surface area contributed by atoms with Crippen molar-refractivity contribution in [1.82, 2.24) is 14.7 Å². The van der Waals surface area contributed by atoms with Crippen LogP contribution in [0.2, 0.25) is 5.02 Å². The van der Waals surface area contributed by atoms with Crippen LogP contribution in [0.4, 0.5) is 0 Å². The van der Waals surface area contributed by atoms with E-state index in [1.165, 1.54) is 0 Å². The zero-order chi connectivity index (χ0) is 16.4. The second-order valence-electron chi connectivity index (χ2n) is 5.80. The van der Waals surface area contributed by atoms with E-state index in [4.69, 9.17) is 16.3 Å². The maximum absolute atomic E-state index is 12.6. The molecule has 0 unspecified atom stereocenters. The normalized spacial score (nSPS) is 13.5. The third-order valence-electron chi connectivity index (χ3n) is 4.15. The van der Waals surface area contributed by atoms with Crippen LogP contribution in [-0.2, 0) is 19.5 Å². The lowest BCUT2D eigenvalue weighted by molar-refractivity contribution is 0.0778. The Kier molecular flexibility index (Phi) is 4.57. The largest absolute Gasteiger partial charge is 0.495 e. The van der Waals surface area contributed by atoms with Gasteiger partial charge in [0.15, 0.2) is 5.69 Å². The van der Waals surface area contributed by atoms with E-state index in [1.807, 2.05) is 22.9 Å². The summed E-state index contributed by atoms with van der Waals surface area (Å²) in [4.78, 5) is 14.2. The first-order valence-corrected chi connectivity index (χ1v) is 8.11. The number of methoxy groups -OCH3 is 1. The number of hydrogen-bond donors (Lipinski definition) is 0. The van der Waals surface area contributed by atoms with Gasteiger partial charge in [0.1, 0.15) is 5.75 Å². The van der Waals surface area contributed by atoms with Gasteiger partial charge in [-0.2, -0.15) is 5.10 Å². The molecule has 0 atom stereocenters. The molecule has 1 aliphatic rings. The molecule has 0 radical (unpaired) electrons. The molecule has 0 saturated heterocycles. The first kappa shape index (κ1) is 15.9. The van der Waals surface area contributed by atoms with Gasteiger partial charge >= 0.3 is 0 Å². The Morgan fingerprint density at radius 3 is 3.00 bits per heavy atom.